The second-order valence-electron chi connectivity index (χ2n) is 12.8. The Labute approximate surface area is 277 Å². The van der Waals surface area contributed by atoms with E-state index in [0.717, 1.165) is 10.8 Å². The van der Waals surface area contributed by atoms with Crippen LogP contribution in [-0.2, 0) is 4.74 Å². The predicted octanol–water partition coefficient (Wildman–Crippen LogP) is 4.91. The fourth-order valence-electron chi connectivity index (χ4n) is 6.04. The normalized spacial score (nSPS) is 14.9. The molecule has 0 aliphatic carbocycles. The second kappa shape index (κ2) is 13.4. The van der Waals surface area contributed by atoms with E-state index >= 15 is 4.39 Å². The van der Waals surface area contributed by atoms with Crippen molar-refractivity contribution in [3.05, 3.63) is 70.3 Å². The lowest BCUT2D eigenvalue weighted by Gasteiger charge is -2.29. The van der Waals surface area contributed by atoms with E-state index in [1.165, 1.54) is 12.3 Å². The van der Waals surface area contributed by atoms with E-state index in [0.29, 0.717) is 62.4 Å². The molecular weight excluding hydrogens is 617 g/mol. The van der Waals surface area contributed by atoms with Crippen LogP contribution in [0.5, 0.6) is 11.5 Å². The molecule has 6 rings (SSSR count). The first-order valence-electron chi connectivity index (χ1n) is 15.6. The van der Waals surface area contributed by atoms with Crippen molar-refractivity contribution >= 4 is 45.3 Å². The van der Waals surface area contributed by atoms with Gasteiger partial charge in [-0.2, -0.15) is 0 Å². The number of alkyl carbamates (subject to hydrolysis) is 1. The zero-order valence-corrected chi connectivity index (χ0v) is 26.6. The molecule has 2 aliphatic heterocycles. The molecule has 1 saturated heterocycles. The van der Waals surface area contributed by atoms with Gasteiger partial charge in [-0.1, -0.05) is 31.7 Å². The number of carbonyl (C=O) groups excluding carboxylic acids is 2. The fraction of sp³-hybridized carbons (Fsp3) is 0.371. The molecule has 254 valence electrons. The number of nitrogens with one attached hydrogen (secondary N) is 2. The number of ether oxygens (including phenoxy) is 2. The Hall–Kier alpha value is -5.33. The fourth-order valence-corrected chi connectivity index (χ4v) is 6.04. The maximum atomic E-state index is 16.2. The largest absolute Gasteiger partial charge is 0.451 e. The predicted molar refractivity (Wildman–Crippen MR) is 186 cm³/mol. The third-order valence-electron chi connectivity index (χ3n) is 8.10. The van der Waals surface area contributed by atoms with E-state index in [-0.39, 0.29) is 41.8 Å². The van der Waals surface area contributed by atoms with Crippen LogP contribution in [0.1, 0.15) is 57.8 Å². The molecule has 3 heterocycles. The molecule has 0 saturated carbocycles. The number of hydrogen-bond donors (Lipinski definition) is 4. The van der Waals surface area contributed by atoms with E-state index in [4.69, 9.17) is 20.9 Å². The van der Waals surface area contributed by atoms with Crippen molar-refractivity contribution in [2.24, 2.45) is 16.5 Å². The number of benzene rings is 3. The standard InChI is InChI=1S/C34H38FN7O5.CH4/c1-34(2,3)47-33(45)40-21-10-13-41(17-21)28-24(35)16-22-27-30(28)46-26-15-20-9-5-4-8-19(20)14-25(26)42(27)18-23(29(22)43)31(44)38-11-6-7-12-39-32(36)37;/h4-5,8-9,14-16,18,21H,6-7,10-13,17H2,1-3H3,(H,38,44)(H,40,45)(H4,36,37,39);1H4/t21-;/m1./s1. The van der Waals surface area contributed by atoms with Gasteiger partial charge in [0.15, 0.2) is 23.3 Å². The van der Waals surface area contributed by atoms with Gasteiger partial charge in [0.2, 0.25) is 5.43 Å². The molecule has 0 radical (unpaired) electrons. The molecule has 1 atom stereocenters. The number of anilines is 1. The summed E-state index contributed by atoms with van der Waals surface area (Å²) in [5.41, 5.74) is 10.5. The Morgan fingerprint density at radius 2 is 1.85 bits per heavy atom. The molecule has 2 aliphatic rings. The minimum absolute atomic E-state index is 0. The lowest BCUT2D eigenvalue weighted by Crippen LogP contribution is -2.40. The molecule has 0 bridgehead atoms. The topological polar surface area (TPSA) is 166 Å². The lowest BCUT2D eigenvalue weighted by molar-refractivity contribution is 0.0508. The van der Waals surface area contributed by atoms with Crippen LogP contribution < -0.4 is 37.2 Å². The van der Waals surface area contributed by atoms with Crippen molar-refractivity contribution in [2.45, 2.75) is 59.1 Å². The monoisotopic (exact) mass is 659 g/mol. The van der Waals surface area contributed by atoms with E-state index in [9.17, 15) is 14.4 Å². The highest BCUT2D eigenvalue weighted by molar-refractivity contribution is 6.02. The van der Waals surface area contributed by atoms with Gasteiger partial charge in [-0.25, -0.2) is 9.18 Å². The van der Waals surface area contributed by atoms with Gasteiger partial charge in [0, 0.05) is 32.4 Å². The molecule has 0 spiro atoms. The number of nitrogens with two attached hydrogens (primary N) is 2. The van der Waals surface area contributed by atoms with Crippen molar-refractivity contribution in [2.75, 3.05) is 31.1 Å². The Kier molecular flexibility index (Phi) is 9.51. The summed E-state index contributed by atoms with van der Waals surface area (Å²) in [6.45, 7) is 6.80. The number of rotatable bonds is 8. The van der Waals surface area contributed by atoms with E-state index in [1.54, 1.807) is 30.2 Å². The van der Waals surface area contributed by atoms with Crippen molar-refractivity contribution in [3.63, 3.8) is 0 Å². The number of fused-ring (bicyclic) bond motifs is 3. The second-order valence-corrected chi connectivity index (χ2v) is 12.8. The summed E-state index contributed by atoms with van der Waals surface area (Å²) in [4.78, 5) is 45.3. The number of carbonyl (C=O) groups is 2. The van der Waals surface area contributed by atoms with Crippen molar-refractivity contribution in [1.29, 1.82) is 0 Å². The van der Waals surface area contributed by atoms with Crippen molar-refractivity contribution < 1.29 is 23.5 Å². The maximum Gasteiger partial charge on any atom is 0.407 e. The summed E-state index contributed by atoms with van der Waals surface area (Å²) in [6.07, 6.45) is 2.73. The molecule has 4 aromatic rings. The van der Waals surface area contributed by atoms with Crippen LogP contribution in [0.25, 0.3) is 27.4 Å². The van der Waals surface area contributed by atoms with Crippen LogP contribution in [0.15, 0.2) is 58.4 Å². The third-order valence-corrected chi connectivity index (χ3v) is 8.10. The Bertz CT molecular complexity index is 1980. The average Bonchev–Trinajstić information content (AvgIpc) is 3.45. The first kappa shape index (κ1) is 34.0. The SMILES string of the molecule is C.CC(C)(C)OC(=O)N[C@@H]1CCN(c2c(F)cc3c(=O)c(C(=O)NCCCCN=C(N)N)cn4c3c2Oc2cc3ccccc3cc2-4)C1. The summed E-state index contributed by atoms with van der Waals surface area (Å²) in [7, 11) is 0. The van der Waals surface area contributed by atoms with Crippen LogP contribution in [0.2, 0.25) is 0 Å². The van der Waals surface area contributed by atoms with Gasteiger partial charge in [-0.15, -0.1) is 0 Å². The summed E-state index contributed by atoms with van der Waals surface area (Å²) in [6, 6.07) is 12.4. The number of unbranched alkanes of at least 4 members (excludes halogenated alkanes) is 1. The van der Waals surface area contributed by atoms with E-state index in [2.05, 4.69) is 15.6 Å². The van der Waals surface area contributed by atoms with E-state index < -0.39 is 28.8 Å². The van der Waals surface area contributed by atoms with Crippen LogP contribution in [0.3, 0.4) is 0 Å². The van der Waals surface area contributed by atoms with E-state index in [1.807, 2.05) is 36.4 Å². The van der Waals surface area contributed by atoms with Crippen LogP contribution in [0, 0.1) is 5.82 Å². The zero-order chi connectivity index (χ0) is 33.5. The Morgan fingerprint density at radius 1 is 1.12 bits per heavy atom. The summed E-state index contributed by atoms with van der Waals surface area (Å²) < 4.78 is 29.8. The van der Waals surface area contributed by atoms with Gasteiger partial charge in [-0.05, 0) is 69.0 Å². The molecule has 2 amide bonds. The Morgan fingerprint density at radius 3 is 2.56 bits per heavy atom. The molecule has 3 aromatic carbocycles. The van der Waals surface area contributed by atoms with Gasteiger partial charge in [0.25, 0.3) is 5.91 Å². The first-order chi connectivity index (χ1) is 22.4. The quantitative estimate of drug-likeness (QED) is 0.104. The molecule has 1 fully saturated rings. The minimum Gasteiger partial charge on any atom is -0.451 e. The molecule has 6 N–H and O–H groups in total. The summed E-state index contributed by atoms with van der Waals surface area (Å²) in [5, 5.41) is 7.51. The third kappa shape index (κ3) is 6.85. The van der Waals surface area contributed by atoms with Gasteiger partial charge in [0.05, 0.1) is 17.1 Å². The highest BCUT2D eigenvalue weighted by atomic mass is 19.1. The number of nitrogens with zero attached hydrogens (tertiary/aromatic N) is 3. The number of aliphatic imine (C=N–C) groups is 1. The first-order valence-corrected chi connectivity index (χ1v) is 15.6. The number of guanidine groups is 1. The lowest BCUT2D eigenvalue weighted by atomic mass is 10.0. The molecule has 1 aromatic heterocycles. The maximum absolute atomic E-state index is 16.2. The molecule has 13 heteroatoms. The summed E-state index contributed by atoms with van der Waals surface area (Å²) >= 11 is 0. The van der Waals surface area contributed by atoms with Crippen LogP contribution in [-0.4, -0.2) is 60.3 Å². The smallest absolute Gasteiger partial charge is 0.407 e. The number of pyridine rings is 1. The Balaban J connectivity index is 0.00000451. The van der Waals surface area contributed by atoms with Crippen LogP contribution in [0.4, 0.5) is 14.9 Å². The highest BCUT2D eigenvalue weighted by Gasteiger charge is 2.34. The van der Waals surface area contributed by atoms with Crippen molar-refractivity contribution in [1.82, 2.24) is 15.2 Å². The van der Waals surface area contributed by atoms with Crippen molar-refractivity contribution in [3.8, 4) is 17.2 Å². The number of hydrogen-bond acceptors (Lipinski definition) is 7. The molecular formula is C35H42FN7O5. The summed E-state index contributed by atoms with van der Waals surface area (Å²) in [5.74, 6) is -0.624. The van der Waals surface area contributed by atoms with Gasteiger partial charge < -0.3 is 41.0 Å². The van der Waals surface area contributed by atoms with Gasteiger partial charge >= 0.3 is 6.09 Å². The highest BCUT2D eigenvalue weighted by Crippen LogP contribution is 2.48. The molecule has 48 heavy (non-hydrogen) atoms. The average molecular weight is 660 g/mol. The van der Waals surface area contributed by atoms with Crippen LogP contribution >= 0.6 is 0 Å². The molecule has 0 unspecified atom stereocenters. The van der Waals surface area contributed by atoms with Gasteiger partial charge in [0.1, 0.15) is 22.4 Å². The molecule has 12 nitrogen and oxygen atoms in total. The zero-order valence-electron chi connectivity index (χ0n) is 26.6. The number of halogens is 1. The minimum atomic E-state index is -0.671. The number of aromatic nitrogens is 1. The van der Waals surface area contributed by atoms with Gasteiger partial charge in [-0.3, -0.25) is 14.6 Å². The number of amides is 2.